The molecule has 0 bridgehead atoms. The zero-order valence-electron chi connectivity index (χ0n) is 9.51. The van der Waals surface area contributed by atoms with E-state index >= 15 is 0 Å². The van der Waals surface area contributed by atoms with Crippen LogP contribution in [-0.2, 0) is 4.79 Å². The predicted octanol–water partition coefficient (Wildman–Crippen LogP) is 1.000. The fourth-order valence-electron chi connectivity index (χ4n) is 1.16. The minimum absolute atomic E-state index is 0.378. The zero-order chi connectivity index (χ0) is 12.7. The van der Waals surface area contributed by atoms with Crippen LogP contribution in [0.5, 0.6) is 5.75 Å². The number of hydrogen-bond acceptors (Lipinski definition) is 4. The quantitative estimate of drug-likeness (QED) is 0.717. The summed E-state index contributed by atoms with van der Waals surface area (Å²) in [5.41, 5.74) is 0.579. The topological polar surface area (TPSA) is 82.3 Å². The lowest BCUT2D eigenvalue weighted by molar-refractivity contribution is -0.139. The summed E-state index contributed by atoms with van der Waals surface area (Å²) in [6, 6.07) is 8.19. The molecular weight excluding hydrogens is 220 g/mol. The molecule has 0 aliphatic rings. The number of carboxylic acids is 1. The minimum atomic E-state index is -0.886. The highest BCUT2D eigenvalue weighted by Crippen LogP contribution is 2.10. The zero-order valence-corrected chi connectivity index (χ0v) is 9.51. The summed E-state index contributed by atoms with van der Waals surface area (Å²) in [7, 11) is 0. The molecule has 1 aromatic carbocycles. The summed E-state index contributed by atoms with van der Waals surface area (Å²) in [4.78, 5) is 10.5. The van der Waals surface area contributed by atoms with Crippen LogP contribution in [0.1, 0.15) is 12.5 Å². The van der Waals surface area contributed by atoms with E-state index in [2.05, 4.69) is 5.32 Å². The minimum Gasteiger partial charge on any atom is -0.492 e. The molecule has 90 valence electrons. The molecule has 5 heteroatoms. The number of nitriles is 1. The lowest BCUT2D eigenvalue weighted by Crippen LogP contribution is -2.36. The number of nitrogens with zero attached hydrogens (tertiary/aromatic N) is 1. The lowest BCUT2D eigenvalue weighted by Gasteiger charge is -2.10. The number of aliphatic carboxylic acids is 1. The van der Waals surface area contributed by atoms with E-state index in [-0.39, 0.29) is 0 Å². The molecule has 5 nitrogen and oxygen atoms in total. The average Bonchev–Trinajstić information content (AvgIpc) is 2.35. The molecule has 0 aromatic heterocycles. The second kappa shape index (κ2) is 6.51. The summed E-state index contributed by atoms with van der Waals surface area (Å²) < 4.78 is 5.37. The van der Waals surface area contributed by atoms with Crippen molar-refractivity contribution in [2.24, 2.45) is 0 Å². The molecule has 1 unspecified atom stereocenters. The number of hydrogen-bond donors (Lipinski definition) is 2. The van der Waals surface area contributed by atoms with E-state index in [4.69, 9.17) is 15.1 Å². The Hall–Kier alpha value is -2.06. The van der Waals surface area contributed by atoms with E-state index < -0.39 is 12.0 Å². The molecule has 0 heterocycles. The Morgan fingerprint density at radius 3 is 2.71 bits per heavy atom. The van der Waals surface area contributed by atoms with E-state index in [1.807, 2.05) is 6.07 Å². The summed E-state index contributed by atoms with van der Waals surface area (Å²) in [6.07, 6.45) is 0. The van der Waals surface area contributed by atoms with Crippen LogP contribution >= 0.6 is 0 Å². The third kappa shape index (κ3) is 4.53. The van der Waals surface area contributed by atoms with Crippen molar-refractivity contribution in [2.45, 2.75) is 13.0 Å². The Balaban J connectivity index is 2.27. The van der Waals surface area contributed by atoms with E-state index in [1.54, 1.807) is 31.2 Å². The fourth-order valence-corrected chi connectivity index (χ4v) is 1.16. The van der Waals surface area contributed by atoms with E-state index in [9.17, 15) is 4.79 Å². The maximum Gasteiger partial charge on any atom is 0.320 e. The first-order chi connectivity index (χ1) is 8.13. The number of ether oxygens (including phenoxy) is 1. The SMILES string of the molecule is CC(NCCOc1ccc(C#N)cc1)C(=O)O. The molecule has 1 aromatic rings. The second-order valence-corrected chi connectivity index (χ2v) is 3.50. The standard InChI is InChI=1S/C12H14N2O3/c1-9(12(15)16)14-6-7-17-11-4-2-10(8-13)3-5-11/h2-5,9,14H,6-7H2,1H3,(H,15,16). The Labute approximate surface area is 99.6 Å². The number of carboxylic acid groups (broad SMARTS) is 1. The summed E-state index contributed by atoms with van der Waals surface area (Å²) in [5, 5.41) is 20.0. The van der Waals surface area contributed by atoms with Gasteiger partial charge in [0.1, 0.15) is 18.4 Å². The highest BCUT2D eigenvalue weighted by Gasteiger charge is 2.08. The highest BCUT2D eigenvalue weighted by molar-refractivity contribution is 5.72. The number of carbonyl (C=O) groups is 1. The largest absolute Gasteiger partial charge is 0.492 e. The van der Waals surface area contributed by atoms with Crippen LogP contribution in [0.25, 0.3) is 0 Å². The van der Waals surface area contributed by atoms with Crippen LogP contribution in [0.3, 0.4) is 0 Å². The van der Waals surface area contributed by atoms with Crippen molar-refractivity contribution in [2.75, 3.05) is 13.2 Å². The van der Waals surface area contributed by atoms with Crippen molar-refractivity contribution >= 4 is 5.97 Å². The van der Waals surface area contributed by atoms with Crippen LogP contribution in [0, 0.1) is 11.3 Å². The van der Waals surface area contributed by atoms with Crippen LogP contribution < -0.4 is 10.1 Å². The Bertz CT molecular complexity index is 409. The Kier molecular flexibility index (Phi) is 4.98. The molecule has 0 aliphatic carbocycles. The highest BCUT2D eigenvalue weighted by atomic mass is 16.5. The van der Waals surface area contributed by atoms with Crippen LogP contribution in [0.15, 0.2) is 24.3 Å². The van der Waals surface area contributed by atoms with Crippen molar-refractivity contribution in [3.05, 3.63) is 29.8 Å². The molecule has 0 radical (unpaired) electrons. The molecule has 0 amide bonds. The molecule has 17 heavy (non-hydrogen) atoms. The Morgan fingerprint density at radius 2 is 2.18 bits per heavy atom. The molecule has 0 saturated heterocycles. The third-order valence-corrected chi connectivity index (χ3v) is 2.18. The van der Waals surface area contributed by atoms with Gasteiger partial charge in [-0.1, -0.05) is 0 Å². The van der Waals surface area contributed by atoms with Gasteiger partial charge in [-0.25, -0.2) is 0 Å². The van der Waals surface area contributed by atoms with E-state index in [0.29, 0.717) is 24.5 Å². The van der Waals surface area contributed by atoms with Gasteiger partial charge in [-0.2, -0.15) is 5.26 Å². The lowest BCUT2D eigenvalue weighted by atomic mass is 10.2. The molecular formula is C12H14N2O3. The molecule has 0 saturated carbocycles. The van der Waals surface area contributed by atoms with Gasteiger partial charge in [0.05, 0.1) is 11.6 Å². The van der Waals surface area contributed by atoms with Gasteiger partial charge in [-0.15, -0.1) is 0 Å². The van der Waals surface area contributed by atoms with Gasteiger partial charge < -0.3 is 15.2 Å². The van der Waals surface area contributed by atoms with E-state index in [0.717, 1.165) is 0 Å². The predicted molar refractivity (Wildman–Crippen MR) is 61.8 cm³/mol. The summed E-state index contributed by atoms with van der Waals surface area (Å²) in [6.45, 7) is 2.40. The van der Waals surface area contributed by atoms with Gasteiger partial charge in [0, 0.05) is 6.54 Å². The van der Waals surface area contributed by atoms with Crippen molar-refractivity contribution in [1.82, 2.24) is 5.32 Å². The molecule has 2 N–H and O–H groups in total. The molecule has 1 atom stereocenters. The van der Waals surface area contributed by atoms with Crippen LogP contribution in [0.2, 0.25) is 0 Å². The van der Waals surface area contributed by atoms with Gasteiger partial charge in [0.2, 0.25) is 0 Å². The summed E-state index contributed by atoms with van der Waals surface area (Å²) >= 11 is 0. The monoisotopic (exact) mass is 234 g/mol. The Morgan fingerprint density at radius 1 is 1.53 bits per heavy atom. The smallest absolute Gasteiger partial charge is 0.320 e. The number of benzene rings is 1. The van der Waals surface area contributed by atoms with Gasteiger partial charge in [-0.3, -0.25) is 4.79 Å². The summed E-state index contributed by atoms with van der Waals surface area (Å²) in [5.74, 6) is -0.225. The number of nitrogens with one attached hydrogen (secondary N) is 1. The molecule has 1 rings (SSSR count). The fraction of sp³-hybridized carbons (Fsp3) is 0.333. The van der Waals surface area contributed by atoms with Crippen molar-refractivity contribution in [1.29, 1.82) is 5.26 Å². The van der Waals surface area contributed by atoms with Crippen LogP contribution in [-0.4, -0.2) is 30.3 Å². The maximum atomic E-state index is 10.5. The van der Waals surface area contributed by atoms with Crippen molar-refractivity contribution < 1.29 is 14.6 Å². The first-order valence-corrected chi connectivity index (χ1v) is 5.22. The normalized spacial score (nSPS) is 11.5. The van der Waals surface area contributed by atoms with Crippen molar-refractivity contribution in [3.8, 4) is 11.8 Å². The van der Waals surface area contributed by atoms with Crippen LogP contribution in [0.4, 0.5) is 0 Å². The van der Waals surface area contributed by atoms with E-state index in [1.165, 1.54) is 0 Å². The van der Waals surface area contributed by atoms with Gasteiger partial charge >= 0.3 is 5.97 Å². The number of rotatable bonds is 6. The third-order valence-electron chi connectivity index (χ3n) is 2.18. The first-order valence-electron chi connectivity index (χ1n) is 5.22. The van der Waals surface area contributed by atoms with Gasteiger partial charge in [-0.05, 0) is 31.2 Å². The molecule has 0 aliphatic heterocycles. The molecule has 0 fully saturated rings. The van der Waals surface area contributed by atoms with Gasteiger partial charge in [0.25, 0.3) is 0 Å². The first kappa shape index (κ1) is 13.0. The second-order valence-electron chi connectivity index (χ2n) is 3.50. The van der Waals surface area contributed by atoms with Gasteiger partial charge in [0.15, 0.2) is 0 Å². The maximum absolute atomic E-state index is 10.5. The average molecular weight is 234 g/mol. The van der Waals surface area contributed by atoms with Crippen molar-refractivity contribution in [3.63, 3.8) is 0 Å². The molecule has 0 spiro atoms.